The normalized spacial score (nSPS) is 30.2. The van der Waals surface area contributed by atoms with Crippen molar-refractivity contribution in [2.45, 2.75) is 63.8 Å². The third kappa shape index (κ3) is 4.55. The molecule has 18 heavy (non-hydrogen) atoms. The number of nitrogens with one attached hydrogen (secondary N) is 1. The van der Waals surface area contributed by atoms with Crippen molar-refractivity contribution in [3.8, 4) is 0 Å². The Labute approximate surface area is 113 Å². The van der Waals surface area contributed by atoms with Gasteiger partial charge < -0.3 is 10.2 Å². The molecular weight excluding hydrogens is 220 g/mol. The SMILES string of the molecule is C1CCCC(CN(CC2CC2)CC2CC2)NCC1. The van der Waals surface area contributed by atoms with Crippen LogP contribution in [0.15, 0.2) is 0 Å². The van der Waals surface area contributed by atoms with Gasteiger partial charge in [0, 0.05) is 25.7 Å². The Balaban J connectivity index is 1.45. The second-order valence-corrected chi connectivity index (χ2v) is 6.96. The molecule has 2 saturated carbocycles. The predicted molar refractivity (Wildman–Crippen MR) is 76.8 cm³/mol. The minimum Gasteiger partial charge on any atom is -0.313 e. The van der Waals surface area contributed by atoms with Crippen molar-refractivity contribution in [2.24, 2.45) is 11.8 Å². The highest BCUT2D eigenvalue weighted by Gasteiger charge is 2.30. The number of hydrogen-bond donors (Lipinski definition) is 1. The number of hydrogen-bond acceptors (Lipinski definition) is 2. The zero-order valence-electron chi connectivity index (χ0n) is 11.9. The Hall–Kier alpha value is -0.0800. The van der Waals surface area contributed by atoms with Crippen LogP contribution in [0.5, 0.6) is 0 Å². The summed E-state index contributed by atoms with van der Waals surface area (Å²) in [6.45, 7) is 5.38. The van der Waals surface area contributed by atoms with E-state index in [9.17, 15) is 0 Å². The van der Waals surface area contributed by atoms with E-state index in [4.69, 9.17) is 0 Å². The van der Waals surface area contributed by atoms with Gasteiger partial charge in [-0.05, 0) is 56.9 Å². The molecule has 0 aromatic rings. The highest BCUT2D eigenvalue weighted by Crippen LogP contribution is 2.33. The maximum absolute atomic E-state index is 3.80. The molecule has 3 fully saturated rings. The predicted octanol–water partition coefficient (Wildman–Crippen LogP) is 3.03. The molecule has 0 spiro atoms. The highest BCUT2D eigenvalue weighted by atomic mass is 15.2. The molecule has 0 bridgehead atoms. The fourth-order valence-electron chi connectivity index (χ4n) is 3.30. The lowest BCUT2D eigenvalue weighted by atomic mass is 10.0. The molecule has 104 valence electrons. The van der Waals surface area contributed by atoms with Crippen molar-refractivity contribution in [3.63, 3.8) is 0 Å². The first kappa shape index (κ1) is 12.9. The summed E-state index contributed by atoms with van der Waals surface area (Å²) in [5, 5.41) is 3.80. The summed E-state index contributed by atoms with van der Waals surface area (Å²) >= 11 is 0. The van der Waals surface area contributed by atoms with Crippen LogP contribution in [0.4, 0.5) is 0 Å². The molecule has 3 aliphatic rings. The standard InChI is InChI=1S/C16H30N2/c1-2-4-10-17-16(5-3-1)13-18(11-14-6-7-14)12-15-8-9-15/h14-17H,1-13H2. The van der Waals surface area contributed by atoms with Gasteiger partial charge >= 0.3 is 0 Å². The van der Waals surface area contributed by atoms with Gasteiger partial charge in [0.15, 0.2) is 0 Å². The molecule has 2 nitrogen and oxygen atoms in total. The van der Waals surface area contributed by atoms with E-state index in [1.165, 1.54) is 84.0 Å². The number of nitrogens with zero attached hydrogens (tertiary/aromatic N) is 1. The van der Waals surface area contributed by atoms with Gasteiger partial charge in [-0.15, -0.1) is 0 Å². The fraction of sp³-hybridized carbons (Fsp3) is 1.00. The van der Waals surface area contributed by atoms with Crippen LogP contribution in [-0.2, 0) is 0 Å². The zero-order chi connectivity index (χ0) is 12.2. The average molecular weight is 250 g/mol. The van der Waals surface area contributed by atoms with Gasteiger partial charge in [-0.3, -0.25) is 0 Å². The molecule has 1 unspecified atom stereocenters. The molecular formula is C16H30N2. The van der Waals surface area contributed by atoms with E-state index in [0.29, 0.717) is 0 Å². The Morgan fingerprint density at radius 2 is 1.39 bits per heavy atom. The lowest BCUT2D eigenvalue weighted by Gasteiger charge is -2.29. The first-order valence-electron chi connectivity index (χ1n) is 8.36. The van der Waals surface area contributed by atoms with Gasteiger partial charge in [0.1, 0.15) is 0 Å². The lowest BCUT2D eigenvalue weighted by molar-refractivity contribution is 0.214. The first-order valence-corrected chi connectivity index (χ1v) is 8.36. The largest absolute Gasteiger partial charge is 0.313 e. The molecule has 2 heteroatoms. The number of rotatable bonds is 6. The molecule has 1 atom stereocenters. The van der Waals surface area contributed by atoms with E-state index in [-0.39, 0.29) is 0 Å². The summed E-state index contributed by atoms with van der Waals surface area (Å²) in [6, 6.07) is 0.780. The average Bonchev–Trinajstić information content (AvgIpc) is 3.17. The highest BCUT2D eigenvalue weighted by molar-refractivity contribution is 4.84. The van der Waals surface area contributed by atoms with E-state index < -0.39 is 0 Å². The van der Waals surface area contributed by atoms with Crippen molar-refractivity contribution >= 4 is 0 Å². The summed E-state index contributed by atoms with van der Waals surface area (Å²) in [4.78, 5) is 2.80. The van der Waals surface area contributed by atoms with Crippen LogP contribution < -0.4 is 5.32 Å². The van der Waals surface area contributed by atoms with Crippen LogP contribution in [-0.4, -0.2) is 37.1 Å². The smallest absolute Gasteiger partial charge is 0.0195 e. The maximum Gasteiger partial charge on any atom is 0.0195 e. The minimum atomic E-state index is 0.780. The molecule has 1 saturated heterocycles. The van der Waals surface area contributed by atoms with Gasteiger partial charge in [-0.1, -0.05) is 19.3 Å². The van der Waals surface area contributed by atoms with E-state index in [1.807, 2.05) is 0 Å². The molecule has 0 aromatic carbocycles. The van der Waals surface area contributed by atoms with Crippen LogP contribution in [0.3, 0.4) is 0 Å². The molecule has 0 radical (unpaired) electrons. The molecule has 1 heterocycles. The first-order chi connectivity index (χ1) is 8.90. The summed E-state index contributed by atoms with van der Waals surface area (Å²) in [5.41, 5.74) is 0. The van der Waals surface area contributed by atoms with E-state index in [1.54, 1.807) is 0 Å². The Morgan fingerprint density at radius 3 is 2.06 bits per heavy atom. The quantitative estimate of drug-likeness (QED) is 0.779. The van der Waals surface area contributed by atoms with Gasteiger partial charge in [-0.25, -0.2) is 0 Å². The van der Waals surface area contributed by atoms with Crippen LogP contribution in [0.1, 0.15) is 57.8 Å². The van der Waals surface area contributed by atoms with Gasteiger partial charge in [0.05, 0.1) is 0 Å². The van der Waals surface area contributed by atoms with E-state index >= 15 is 0 Å². The van der Waals surface area contributed by atoms with Crippen LogP contribution in [0.25, 0.3) is 0 Å². The molecule has 1 aliphatic heterocycles. The van der Waals surface area contributed by atoms with Crippen LogP contribution in [0.2, 0.25) is 0 Å². The molecule has 3 rings (SSSR count). The Bertz CT molecular complexity index is 223. The molecule has 0 amide bonds. The topological polar surface area (TPSA) is 15.3 Å². The second kappa shape index (κ2) is 6.38. The molecule has 2 aliphatic carbocycles. The minimum absolute atomic E-state index is 0.780. The summed E-state index contributed by atoms with van der Waals surface area (Å²) in [5.74, 6) is 2.11. The van der Waals surface area contributed by atoms with Gasteiger partial charge in [0.2, 0.25) is 0 Å². The Morgan fingerprint density at radius 1 is 0.722 bits per heavy atom. The van der Waals surface area contributed by atoms with Crippen molar-refractivity contribution in [1.29, 1.82) is 0 Å². The summed E-state index contributed by atoms with van der Waals surface area (Å²) < 4.78 is 0. The zero-order valence-corrected chi connectivity index (χ0v) is 11.9. The molecule has 0 aromatic heterocycles. The molecule has 1 N–H and O–H groups in total. The van der Waals surface area contributed by atoms with Gasteiger partial charge in [0.25, 0.3) is 0 Å². The fourth-order valence-corrected chi connectivity index (χ4v) is 3.30. The van der Waals surface area contributed by atoms with E-state index in [0.717, 1.165) is 17.9 Å². The summed E-state index contributed by atoms with van der Waals surface area (Å²) in [7, 11) is 0. The monoisotopic (exact) mass is 250 g/mol. The maximum atomic E-state index is 3.80. The van der Waals surface area contributed by atoms with Crippen LogP contribution >= 0.6 is 0 Å². The second-order valence-electron chi connectivity index (χ2n) is 6.96. The van der Waals surface area contributed by atoms with Crippen molar-refractivity contribution in [3.05, 3.63) is 0 Å². The Kier molecular flexibility index (Phi) is 4.58. The van der Waals surface area contributed by atoms with Gasteiger partial charge in [-0.2, -0.15) is 0 Å². The summed E-state index contributed by atoms with van der Waals surface area (Å²) in [6.07, 6.45) is 13.1. The van der Waals surface area contributed by atoms with Crippen LogP contribution in [0, 0.1) is 11.8 Å². The van der Waals surface area contributed by atoms with Crippen molar-refractivity contribution in [1.82, 2.24) is 10.2 Å². The van der Waals surface area contributed by atoms with E-state index in [2.05, 4.69) is 10.2 Å². The van der Waals surface area contributed by atoms with Crippen molar-refractivity contribution < 1.29 is 0 Å². The lowest BCUT2D eigenvalue weighted by Crippen LogP contribution is -2.43. The third-order valence-electron chi connectivity index (χ3n) is 4.82. The third-order valence-corrected chi connectivity index (χ3v) is 4.82. The van der Waals surface area contributed by atoms with Crippen molar-refractivity contribution in [2.75, 3.05) is 26.2 Å².